The predicted molar refractivity (Wildman–Crippen MR) is 107 cm³/mol. The van der Waals surface area contributed by atoms with Crippen LogP contribution >= 0.6 is 24.0 Å². The van der Waals surface area contributed by atoms with Crippen molar-refractivity contribution in [3.63, 3.8) is 0 Å². The van der Waals surface area contributed by atoms with Gasteiger partial charge in [-0.15, -0.1) is 24.0 Å². The molecule has 2 N–H and O–H groups in total. The lowest BCUT2D eigenvalue weighted by atomic mass is 9.83. The van der Waals surface area contributed by atoms with Crippen molar-refractivity contribution in [3.8, 4) is 0 Å². The summed E-state index contributed by atoms with van der Waals surface area (Å²) in [6.07, 6.45) is 10.3. The van der Waals surface area contributed by atoms with Gasteiger partial charge in [-0.3, -0.25) is 9.67 Å². The Morgan fingerprint density at radius 2 is 2.04 bits per heavy atom. The third kappa shape index (κ3) is 8.04. The Morgan fingerprint density at radius 3 is 2.70 bits per heavy atom. The van der Waals surface area contributed by atoms with Crippen LogP contribution in [0.25, 0.3) is 0 Å². The second kappa shape index (κ2) is 11.7. The molecule has 0 radical (unpaired) electrons. The molecule has 0 atom stereocenters. The molecule has 0 aliphatic heterocycles. The van der Waals surface area contributed by atoms with E-state index in [0.717, 1.165) is 50.4 Å². The van der Waals surface area contributed by atoms with Crippen molar-refractivity contribution < 1.29 is 0 Å². The maximum Gasteiger partial charge on any atom is 0.191 e. The quantitative estimate of drug-likeness (QED) is 0.300. The maximum absolute atomic E-state index is 4.77. The average Bonchev–Trinajstić information content (AvgIpc) is 3.04. The number of halogens is 1. The van der Waals surface area contributed by atoms with Gasteiger partial charge in [0.25, 0.3) is 0 Å². The van der Waals surface area contributed by atoms with Crippen LogP contribution in [0, 0.1) is 11.8 Å². The van der Waals surface area contributed by atoms with Gasteiger partial charge in [0.15, 0.2) is 5.96 Å². The summed E-state index contributed by atoms with van der Waals surface area (Å²) in [7, 11) is 0. The van der Waals surface area contributed by atoms with Gasteiger partial charge in [-0.1, -0.05) is 19.8 Å². The number of rotatable bonds is 7. The molecule has 0 amide bonds. The molecular weight excluding hydrogens is 401 g/mol. The second-order valence-electron chi connectivity index (χ2n) is 6.39. The molecule has 1 aromatic heterocycles. The molecule has 1 heterocycles. The molecule has 0 unspecified atom stereocenters. The number of aromatic nitrogens is 2. The molecule has 1 saturated carbocycles. The lowest BCUT2D eigenvalue weighted by Crippen LogP contribution is -2.38. The standard InChI is InChI=1S/C17H31N5.HI/c1-3-18-17(19-10-4-12-22-13-5-11-21-22)20-14-16-8-6-15(2)7-9-16;/h5,11,13,15-16H,3-4,6-10,12,14H2,1-2H3,(H2,18,19,20);1H. The fourth-order valence-corrected chi connectivity index (χ4v) is 2.95. The first-order valence-corrected chi connectivity index (χ1v) is 8.77. The first-order valence-electron chi connectivity index (χ1n) is 8.77. The fraction of sp³-hybridized carbons (Fsp3) is 0.765. The Bertz CT molecular complexity index is 424. The van der Waals surface area contributed by atoms with E-state index in [9.17, 15) is 0 Å². The van der Waals surface area contributed by atoms with Gasteiger partial charge in [0.2, 0.25) is 0 Å². The first kappa shape index (κ1) is 20.3. The topological polar surface area (TPSA) is 54.2 Å². The van der Waals surface area contributed by atoms with Crippen LogP contribution in [0.3, 0.4) is 0 Å². The van der Waals surface area contributed by atoms with Gasteiger partial charge in [0.1, 0.15) is 0 Å². The van der Waals surface area contributed by atoms with Crippen LogP contribution < -0.4 is 10.6 Å². The highest BCUT2D eigenvalue weighted by Crippen LogP contribution is 2.28. The van der Waals surface area contributed by atoms with Crippen molar-refractivity contribution in [1.29, 1.82) is 0 Å². The molecule has 0 bridgehead atoms. The molecule has 0 spiro atoms. The van der Waals surface area contributed by atoms with Crippen LogP contribution in [0.2, 0.25) is 0 Å². The summed E-state index contributed by atoms with van der Waals surface area (Å²) in [6, 6.07) is 1.96. The third-order valence-electron chi connectivity index (χ3n) is 4.40. The number of aliphatic imine (C=N–C) groups is 1. The van der Waals surface area contributed by atoms with Gasteiger partial charge < -0.3 is 10.6 Å². The fourth-order valence-electron chi connectivity index (χ4n) is 2.95. The normalized spacial score (nSPS) is 21.6. The molecule has 1 fully saturated rings. The average molecular weight is 433 g/mol. The molecule has 5 nitrogen and oxygen atoms in total. The van der Waals surface area contributed by atoms with Gasteiger partial charge in [0, 0.05) is 38.6 Å². The van der Waals surface area contributed by atoms with Crippen LogP contribution in [-0.4, -0.2) is 35.4 Å². The van der Waals surface area contributed by atoms with Gasteiger partial charge in [-0.25, -0.2) is 0 Å². The van der Waals surface area contributed by atoms with E-state index in [-0.39, 0.29) is 24.0 Å². The first-order chi connectivity index (χ1) is 10.8. The number of hydrogen-bond donors (Lipinski definition) is 2. The largest absolute Gasteiger partial charge is 0.357 e. The Kier molecular flexibility index (Phi) is 10.3. The summed E-state index contributed by atoms with van der Waals surface area (Å²) in [5, 5.41) is 11.0. The number of nitrogens with zero attached hydrogens (tertiary/aromatic N) is 3. The molecule has 1 aliphatic rings. The van der Waals surface area contributed by atoms with E-state index in [1.165, 1.54) is 25.7 Å². The van der Waals surface area contributed by atoms with Crippen LogP contribution in [0.4, 0.5) is 0 Å². The number of nitrogens with one attached hydrogen (secondary N) is 2. The summed E-state index contributed by atoms with van der Waals surface area (Å²) >= 11 is 0. The SMILES string of the molecule is CCNC(=NCC1CCC(C)CC1)NCCCn1cccn1.I. The Morgan fingerprint density at radius 1 is 1.26 bits per heavy atom. The van der Waals surface area contributed by atoms with Crippen molar-refractivity contribution in [3.05, 3.63) is 18.5 Å². The van der Waals surface area contributed by atoms with E-state index >= 15 is 0 Å². The maximum atomic E-state index is 4.77. The van der Waals surface area contributed by atoms with Crippen molar-refractivity contribution in [2.24, 2.45) is 16.8 Å². The highest BCUT2D eigenvalue weighted by molar-refractivity contribution is 14.0. The van der Waals surface area contributed by atoms with E-state index < -0.39 is 0 Å². The van der Waals surface area contributed by atoms with E-state index in [4.69, 9.17) is 4.99 Å². The minimum Gasteiger partial charge on any atom is -0.357 e. The van der Waals surface area contributed by atoms with Crippen LogP contribution in [0.15, 0.2) is 23.5 Å². The lowest BCUT2D eigenvalue weighted by molar-refractivity contribution is 0.296. The van der Waals surface area contributed by atoms with Crippen molar-refractivity contribution in [2.75, 3.05) is 19.6 Å². The van der Waals surface area contributed by atoms with E-state index in [2.05, 4.69) is 29.6 Å². The number of aryl methyl sites for hydroxylation is 1. The minimum absolute atomic E-state index is 0. The predicted octanol–water partition coefficient (Wildman–Crippen LogP) is 3.27. The summed E-state index contributed by atoms with van der Waals surface area (Å²) in [4.78, 5) is 4.77. The molecule has 2 rings (SSSR count). The highest BCUT2D eigenvalue weighted by atomic mass is 127. The van der Waals surface area contributed by atoms with Crippen molar-refractivity contribution >= 4 is 29.9 Å². The molecule has 6 heteroatoms. The molecule has 23 heavy (non-hydrogen) atoms. The zero-order valence-electron chi connectivity index (χ0n) is 14.5. The van der Waals surface area contributed by atoms with Crippen LogP contribution in [0.1, 0.15) is 46.0 Å². The van der Waals surface area contributed by atoms with E-state index in [1.807, 2.05) is 23.1 Å². The van der Waals surface area contributed by atoms with Gasteiger partial charge >= 0.3 is 0 Å². The van der Waals surface area contributed by atoms with Crippen molar-refractivity contribution in [2.45, 2.75) is 52.5 Å². The molecule has 1 aliphatic carbocycles. The third-order valence-corrected chi connectivity index (χ3v) is 4.40. The van der Waals surface area contributed by atoms with Gasteiger partial charge in [0.05, 0.1) is 0 Å². The second-order valence-corrected chi connectivity index (χ2v) is 6.39. The highest BCUT2D eigenvalue weighted by Gasteiger charge is 2.17. The Balaban J connectivity index is 0.00000264. The summed E-state index contributed by atoms with van der Waals surface area (Å²) < 4.78 is 1.97. The number of hydrogen-bond acceptors (Lipinski definition) is 2. The van der Waals surface area contributed by atoms with Gasteiger partial charge in [-0.05, 0) is 44.1 Å². The molecule has 0 saturated heterocycles. The monoisotopic (exact) mass is 433 g/mol. The lowest BCUT2D eigenvalue weighted by Gasteiger charge is -2.25. The minimum atomic E-state index is 0. The van der Waals surface area contributed by atoms with Crippen molar-refractivity contribution in [1.82, 2.24) is 20.4 Å². The number of guanidine groups is 1. The van der Waals surface area contributed by atoms with Crippen LogP contribution in [-0.2, 0) is 6.54 Å². The molecule has 132 valence electrons. The van der Waals surface area contributed by atoms with E-state index in [0.29, 0.717) is 0 Å². The summed E-state index contributed by atoms with van der Waals surface area (Å²) in [5.41, 5.74) is 0. The zero-order chi connectivity index (χ0) is 15.6. The molecule has 0 aromatic carbocycles. The Labute approximate surface area is 157 Å². The van der Waals surface area contributed by atoms with E-state index in [1.54, 1.807) is 0 Å². The van der Waals surface area contributed by atoms with Crippen LogP contribution in [0.5, 0.6) is 0 Å². The summed E-state index contributed by atoms with van der Waals surface area (Å²) in [6.45, 7) is 8.22. The zero-order valence-corrected chi connectivity index (χ0v) is 16.8. The smallest absolute Gasteiger partial charge is 0.191 e. The molecule has 1 aromatic rings. The summed E-state index contributed by atoms with van der Waals surface area (Å²) in [5.74, 6) is 2.64. The Hall–Kier alpha value is -0.790. The molecular formula is C17H32IN5. The van der Waals surface area contributed by atoms with Gasteiger partial charge in [-0.2, -0.15) is 5.10 Å².